The van der Waals surface area contributed by atoms with Crippen LogP contribution in [0, 0.1) is 6.92 Å². The maximum atomic E-state index is 6.25. The smallest absolute Gasteiger partial charge is 0.126 e. The minimum absolute atomic E-state index is 0.0702. The van der Waals surface area contributed by atoms with Gasteiger partial charge in [0.2, 0.25) is 0 Å². The Hall–Kier alpha value is -1.39. The van der Waals surface area contributed by atoms with E-state index >= 15 is 0 Å². The standard InChI is InChI=1S/C15H23N3O/c1-4-8-18-14-6-5-11(2)10-13(14)17-15(18)12(16)7-9-19-3/h5-6,10,12H,4,7-9,16H2,1-3H3. The van der Waals surface area contributed by atoms with Crippen molar-refractivity contribution in [2.45, 2.75) is 39.3 Å². The fraction of sp³-hybridized carbons (Fsp3) is 0.533. The molecule has 1 unspecified atom stereocenters. The maximum Gasteiger partial charge on any atom is 0.126 e. The van der Waals surface area contributed by atoms with Crippen LogP contribution in [0.25, 0.3) is 11.0 Å². The third kappa shape index (κ3) is 2.96. The van der Waals surface area contributed by atoms with Crippen molar-refractivity contribution in [1.82, 2.24) is 9.55 Å². The number of ether oxygens (including phenoxy) is 1. The zero-order valence-corrected chi connectivity index (χ0v) is 12.0. The lowest BCUT2D eigenvalue weighted by Crippen LogP contribution is -2.18. The number of methoxy groups -OCH3 is 1. The lowest BCUT2D eigenvalue weighted by atomic mass is 10.2. The van der Waals surface area contributed by atoms with Gasteiger partial charge in [-0.3, -0.25) is 0 Å². The molecule has 0 radical (unpaired) electrons. The minimum atomic E-state index is -0.0702. The van der Waals surface area contributed by atoms with Gasteiger partial charge in [0, 0.05) is 20.3 Å². The highest BCUT2D eigenvalue weighted by atomic mass is 16.5. The van der Waals surface area contributed by atoms with E-state index in [4.69, 9.17) is 15.5 Å². The molecule has 0 aliphatic heterocycles. The topological polar surface area (TPSA) is 53.1 Å². The molecule has 2 N–H and O–H groups in total. The van der Waals surface area contributed by atoms with E-state index in [2.05, 4.69) is 36.6 Å². The summed E-state index contributed by atoms with van der Waals surface area (Å²) in [6, 6.07) is 6.31. The van der Waals surface area contributed by atoms with Gasteiger partial charge < -0.3 is 15.0 Å². The van der Waals surface area contributed by atoms with Gasteiger partial charge in [0.05, 0.1) is 17.1 Å². The molecule has 1 aromatic heterocycles. The summed E-state index contributed by atoms with van der Waals surface area (Å²) in [5.41, 5.74) is 9.69. The van der Waals surface area contributed by atoms with Crippen molar-refractivity contribution < 1.29 is 4.74 Å². The Morgan fingerprint density at radius 2 is 2.21 bits per heavy atom. The van der Waals surface area contributed by atoms with Crippen molar-refractivity contribution in [2.75, 3.05) is 13.7 Å². The fourth-order valence-electron chi connectivity index (χ4n) is 2.37. The SMILES string of the molecule is CCCn1c(C(N)CCOC)nc2cc(C)ccc21. The van der Waals surface area contributed by atoms with Crippen molar-refractivity contribution in [3.63, 3.8) is 0 Å². The quantitative estimate of drug-likeness (QED) is 0.870. The second-order valence-corrected chi connectivity index (χ2v) is 5.00. The van der Waals surface area contributed by atoms with Crippen LogP contribution in [-0.2, 0) is 11.3 Å². The summed E-state index contributed by atoms with van der Waals surface area (Å²) in [4.78, 5) is 4.73. The summed E-state index contributed by atoms with van der Waals surface area (Å²) in [5.74, 6) is 0.972. The van der Waals surface area contributed by atoms with Crippen molar-refractivity contribution >= 4 is 11.0 Å². The summed E-state index contributed by atoms with van der Waals surface area (Å²) < 4.78 is 7.36. The van der Waals surface area contributed by atoms with E-state index in [-0.39, 0.29) is 6.04 Å². The van der Waals surface area contributed by atoms with Crippen molar-refractivity contribution in [3.05, 3.63) is 29.6 Å². The first-order valence-electron chi connectivity index (χ1n) is 6.88. The van der Waals surface area contributed by atoms with E-state index in [9.17, 15) is 0 Å². The van der Waals surface area contributed by atoms with E-state index in [0.717, 1.165) is 30.7 Å². The zero-order chi connectivity index (χ0) is 13.8. The molecule has 4 nitrogen and oxygen atoms in total. The highest BCUT2D eigenvalue weighted by molar-refractivity contribution is 5.77. The number of rotatable bonds is 6. The Balaban J connectivity index is 2.43. The van der Waals surface area contributed by atoms with Gasteiger partial charge in [-0.25, -0.2) is 4.98 Å². The average molecular weight is 261 g/mol. The van der Waals surface area contributed by atoms with Crippen LogP contribution in [0.2, 0.25) is 0 Å². The third-order valence-corrected chi connectivity index (χ3v) is 3.35. The summed E-state index contributed by atoms with van der Waals surface area (Å²) in [5, 5.41) is 0. The van der Waals surface area contributed by atoms with E-state index in [1.165, 1.54) is 11.1 Å². The van der Waals surface area contributed by atoms with Crippen LogP contribution in [0.4, 0.5) is 0 Å². The van der Waals surface area contributed by atoms with Gasteiger partial charge in [-0.1, -0.05) is 13.0 Å². The van der Waals surface area contributed by atoms with E-state index in [0.29, 0.717) is 6.61 Å². The summed E-state index contributed by atoms with van der Waals surface area (Å²) in [6.07, 6.45) is 1.87. The van der Waals surface area contributed by atoms with Crippen LogP contribution in [0.1, 0.15) is 37.2 Å². The van der Waals surface area contributed by atoms with Gasteiger partial charge >= 0.3 is 0 Å². The molecule has 0 amide bonds. The molecule has 104 valence electrons. The molecule has 1 heterocycles. The van der Waals surface area contributed by atoms with Crippen LogP contribution in [0.15, 0.2) is 18.2 Å². The molecular weight excluding hydrogens is 238 g/mol. The van der Waals surface area contributed by atoms with Crippen LogP contribution in [0.3, 0.4) is 0 Å². The van der Waals surface area contributed by atoms with Gasteiger partial charge in [0.15, 0.2) is 0 Å². The Labute approximate surface area is 114 Å². The van der Waals surface area contributed by atoms with Gasteiger partial charge in [-0.15, -0.1) is 0 Å². The Morgan fingerprint density at radius 1 is 1.42 bits per heavy atom. The van der Waals surface area contributed by atoms with Crippen molar-refractivity contribution in [1.29, 1.82) is 0 Å². The molecule has 4 heteroatoms. The van der Waals surface area contributed by atoms with Gasteiger partial charge in [0.1, 0.15) is 5.82 Å². The van der Waals surface area contributed by atoms with Crippen molar-refractivity contribution in [2.24, 2.45) is 5.73 Å². The van der Waals surface area contributed by atoms with Crippen LogP contribution >= 0.6 is 0 Å². The van der Waals surface area contributed by atoms with Gasteiger partial charge in [-0.2, -0.15) is 0 Å². The molecule has 0 spiro atoms. The molecule has 19 heavy (non-hydrogen) atoms. The molecule has 0 aliphatic carbocycles. The molecule has 0 bridgehead atoms. The van der Waals surface area contributed by atoms with E-state index in [1.807, 2.05) is 0 Å². The third-order valence-electron chi connectivity index (χ3n) is 3.35. The maximum absolute atomic E-state index is 6.25. The van der Waals surface area contributed by atoms with Crippen LogP contribution < -0.4 is 5.73 Å². The largest absolute Gasteiger partial charge is 0.385 e. The number of aryl methyl sites for hydroxylation is 2. The Kier molecular flexibility index (Phi) is 4.56. The summed E-state index contributed by atoms with van der Waals surface area (Å²) >= 11 is 0. The predicted octanol–water partition coefficient (Wildman–Crippen LogP) is 2.79. The molecule has 0 saturated carbocycles. The molecule has 0 aliphatic rings. The molecule has 0 saturated heterocycles. The highest BCUT2D eigenvalue weighted by Crippen LogP contribution is 2.23. The minimum Gasteiger partial charge on any atom is -0.385 e. The molecule has 2 aromatic rings. The number of nitrogens with zero attached hydrogens (tertiary/aromatic N) is 2. The average Bonchev–Trinajstić information content (AvgIpc) is 2.74. The fourth-order valence-corrected chi connectivity index (χ4v) is 2.37. The second kappa shape index (κ2) is 6.17. The van der Waals surface area contributed by atoms with Gasteiger partial charge in [-0.05, 0) is 37.5 Å². The molecule has 1 atom stereocenters. The lowest BCUT2D eigenvalue weighted by Gasteiger charge is -2.13. The van der Waals surface area contributed by atoms with Crippen LogP contribution in [-0.4, -0.2) is 23.3 Å². The number of hydrogen-bond donors (Lipinski definition) is 1. The summed E-state index contributed by atoms with van der Waals surface area (Å²) in [6.45, 7) is 5.87. The number of aromatic nitrogens is 2. The highest BCUT2D eigenvalue weighted by Gasteiger charge is 2.16. The first-order valence-corrected chi connectivity index (χ1v) is 6.88. The van der Waals surface area contributed by atoms with E-state index in [1.54, 1.807) is 7.11 Å². The first-order chi connectivity index (χ1) is 9.17. The number of benzene rings is 1. The number of fused-ring (bicyclic) bond motifs is 1. The normalized spacial score (nSPS) is 13.1. The second-order valence-electron chi connectivity index (χ2n) is 5.00. The predicted molar refractivity (Wildman–Crippen MR) is 78.2 cm³/mol. The Morgan fingerprint density at radius 3 is 2.89 bits per heavy atom. The number of nitrogens with two attached hydrogens (primary N) is 1. The van der Waals surface area contributed by atoms with E-state index < -0.39 is 0 Å². The first kappa shape index (κ1) is 14.0. The molecule has 2 rings (SSSR count). The lowest BCUT2D eigenvalue weighted by molar-refractivity contribution is 0.186. The molecule has 1 aromatic carbocycles. The molecule has 0 fully saturated rings. The van der Waals surface area contributed by atoms with Gasteiger partial charge in [0.25, 0.3) is 0 Å². The number of hydrogen-bond acceptors (Lipinski definition) is 3. The Bertz CT molecular complexity index is 548. The zero-order valence-electron chi connectivity index (χ0n) is 12.0. The molecular formula is C15H23N3O. The van der Waals surface area contributed by atoms with Crippen LogP contribution in [0.5, 0.6) is 0 Å². The number of imidazole rings is 1. The van der Waals surface area contributed by atoms with Crippen molar-refractivity contribution in [3.8, 4) is 0 Å². The monoisotopic (exact) mass is 261 g/mol. The summed E-state index contributed by atoms with van der Waals surface area (Å²) in [7, 11) is 1.70.